The molecule has 7 heteroatoms. The Morgan fingerprint density at radius 1 is 1.35 bits per heavy atom. The number of carbonyl (C=O) groups is 1. The molecule has 4 rings (SSSR count). The number of carbonyl (C=O) groups excluding carboxylic acids is 1. The van der Waals surface area contributed by atoms with Crippen LogP contribution in [0.3, 0.4) is 0 Å². The van der Waals surface area contributed by atoms with Gasteiger partial charge in [0.05, 0.1) is 24.9 Å². The van der Waals surface area contributed by atoms with Crippen LogP contribution >= 0.6 is 0 Å². The highest BCUT2D eigenvalue weighted by Gasteiger charge is 2.27. The van der Waals surface area contributed by atoms with Crippen molar-refractivity contribution in [2.75, 3.05) is 6.54 Å². The summed E-state index contributed by atoms with van der Waals surface area (Å²) in [6, 6.07) is 3.82. The van der Waals surface area contributed by atoms with E-state index in [-0.39, 0.29) is 12.0 Å². The second-order valence-electron chi connectivity index (χ2n) is 6.19. The predicted molar refractivity (Wildman–Crippen MR) is 82.2 cm³/mol. The average molecular weight is 313 g/mol. The van der Waals surface area contributed by atoms with Gasteiger partial charge in [0.25, 0.3) is 0 Å². The molecular weight excluding hydrogens is 294 g/mol. The Kier molecular flexibility index (Phi) is 3.78. The minimum atomic E-state index is -0.0577. The largest absolute Gasteiger partial charge is 0.368 e. The SMILES string of the molecule is O=C(CC1CC1)NCC1Cn2nnc(-c3ccncc3)c2CO1. The maximum absolute atomic E-state index is 11.8. The number of nitrogens with zero attached hydrogens (tertiary/aromatic N) is 4. The number of amides is 1. The second kappa shape index (κ2) is 6.08. The molecule has 1 aliphatic heterocycles. The Morgan fingerprint density at radius 2 is 2.17 bits per heavy atom. The molecule has 1 fully saturated rings. The Hall–Kier alpha value is -2.28. The molecule has 120 valence electrons. The first kappa shape index (κ1) is 14.3. The fourth-order valence-electron chi connectivity index (χ4n) is 2.81. The van der Waals surface area contributed by atoms with Crippen LogP contribution in [-0.4, -0.2) is 38.5 Å². The Labute approximate surface area is 134 Å². The van der Waals surface area contributed by atoms with Crippen LogP contribution in [0, 0.1) is 5.92 Å². The smallest absolute Gasteiger partial charge is 0.220 e. The van der Waals surface area contributed by atoms with E-state index in [2.05, 4.69) is 20.6 Å². The maximum Gasteiger partial charge on any atom is 0.220 e. The van der Waals surface area contributed by atoms with Gasteiger partial charge in [-0.05, 0) is 30.9 Å². The summed E-state index contributed by atoms with van der Waals surface area (Å²) in [5.41, 5.74) is 2.79. The van der Waals surface area contributed by atoms with Gasteiger partial charge in [-0.3, -0.25) is 9.78 Å². The third-order valence-electron chi connectivity index (χ3n) is 4.32. The summed E-state index contributed by atoms with van der Waals surface area (Å²) in [7, 11) is 0. The summed E-state index contributed by atoms with van der Waals surface area (Å²) in [5.74, 6) is 0.727. The molecule has 0 saturated heterocycles. The van der Waals surface area contributed by atoms with Crippen molar-refractivity contribution >= 4 is 5.91 Å². The van der Waals surface area contributed by atoms with Crippen LogP contribution in [-0.2, 0) is 22.7 Å². The van der Waals surface area contributed by atoms with Crippen molar-refractivity contribution in [2.45, 2.75) is 38.5 Å². The van der Waals surface area contributed by atoms with Crippen LogP contribution in [0.4, 0.5) is 0 Å². The highest BCUT2D eigenvalue weighted by Crippen LogP contribution is 2.32. The summed E-state index contributed by atoms with van der Waals surface area (Å²) >= 11 is 0. The molecule has 1 saturated carbocycles. The third kappa shape index (κ3) is 3.24. The molecule has 3 heterocycles. The van der Waals surface area contributed by atoms with E-state index in [0.29, 0.717) is 32.0 Å². The number of rotatable bonds is 5. The van der Waals surface area contributed by atoms with Crippen LogP contribution in [0.1, 0.15) is 25.0 Å². The van der Waals surface area contributed by atoms with Crippen LogP contribution in [0.25, 0.3) is 11.3 Å². The van der Waals surface area contributed by atoms with Gasteiger partial charge in [0, 0.05) is 30.9 Å². The van der Waals surface area contributed by atoms with Crippen LogP contribution in [0.15, 0.2) is 24.5 Å². The lowest BCUT2D eigenvalue weighted by atomic mass is 10.1. The number of nitrogens with one attached hydrogen (secondary N) is 1. The lowest BCUT2D eigenvalue weighted by Gasteiger charge is -2.24. The molecule has 2 aromatic heterocycles. The number of ether oxygens (including phenoxy) is 1. The summed E-state index contributed by atoms with van der Waals surface area (Å²) in [6.07, 6.45) is 6.44. The Bertz CT molecular complexity index is 696. The average Bonchev–Trinajstić information content (AvgIpc) is 3.29. The summed E-state index contributed by atoms with van der Waals surface area (Å²) in [4.78, 5) is 15.8. The van der Waals surface area contributed by atoms with E-state index >= 15 is 0 Å². The second-order valence-corrected chi connectivity index (χ2v) is 6.19. The molecule has 2 aliphatic rings. The topological polar surface area (TPSA) is 81.9 Å². The molecule has 7 nitrogen and oxygen atoms in total. The zero-order valence-corrected chi connectivity index (χ0v) is 12.8. The minimum Gasteiger partial charge on any atom is -0.368 e. The molecule has 0 spiro atoms. The van der Waals surface area contributed by atoms with Gasteiger partial charge in [0.2, 0.25) is 5.91 Å². The Balaban J connectivity index is 1.38. The molecular formula is C16H19N5O2. The molecule has 0 aromatic carbocycles. The van der Waals surface area contributed by atoms with Gasteiger partial charge in [-0.1, -0.05) is 5.21 Å². The summed E-state index contributed by atoms with van der Waals surface area (Å²) < 4.78 is 7.74. The van der Waals surface area contributed by atoms with Crippen molar-refractivity contribution in [3.8, 4) is 11.3 Å². The van der Waals surface area contributed by atoms with E-state index in [1.54, 1.807) is 12.4 Å². The molecule has 1 N–H and O–H groups in total. The van der Waals surface area contributed by atoms with Crippen LogP contribution in [0.5, 0.6) is 0 Å². The van der Waals surface area contributed by atoms with Gasteiger partial charge in [-0.15, -0.1) is 5.10 Å². The normalized spacial score (nSPS) is 20.1. The lowest BCUT2D eigenvalue weighted by molar-refractivity contribution is -0.122. The van der Waals surface area contributed by atoms with Crippen molar-refractivity contribution in [1.29, 1.82) is 0 Å². The zero-order chi connectivity index (χ0) is 15.6. The van der Waals surface area contributed by atoms with E-state index in [9.17, 15) is 4.79 Å². The van der Waals surface area contributed by atoms with Gasteiger partial charge in [-0.2, -0.15) is 0 Å². The predicted octanol–water partition coefficient (Wildman–Crippen LogP) is 1.16. The number of fused-ring (bicyclic) bond motifs is 1. The molecule has 2 aromatic rings. The number of hydrogen-bond donors (Lipinski definition) is 1. The molecule has 23 heavy (non-hydrogen) atoms. The first-order valence-corrected chi connectivity index (χ1v) is 8.00. The van der Waals surface area contributed by atoms with Crippen molar-refractivity contribution in [2.24, 2.45) is 5.92 Å². The highest BCUT2D eigenvalue weighted by atomic mass is 16.5. The minimum absolute atomic E-state index is 0.0577. The van der Waals surface area contributed by atoms with Crippen LogP contribution in [0.2, 0.25) is 0 Å². The first-order valence-electron chi connectivity index (χ1n) is 8.00. The van der Waals surface area contributed by atoms with Crippen molar-refractivity contribution in [3.05, 3.63) is 30.2 Å². The molecule has 1 unspecified atom stereocenters. The fourth-order valence-corrected chi connectivity index (χ4v) is 2.81. The van der Waals surface area contributed by atoms with E-state index in [0.717, 1.165) is 17.0 Å². The van der Waals surface area contributed by atoms with Crippen molar-refractivity contribution < 1.29 is 9.53 Å². The Morgan fingerprint density at radius 3 is 2.96 bits per heavy atom. The van der Waals surface area contributed by atoms with E-state index in [4.69, 9.17) is 4.74 Å². The van der Waals surface area contributed by atoms with Gasteiger partial charge in [0.15, 0.2) is 0 Å². The third-order valence-corrected chi connectivity index (χ3v) is 4.32. The first-order chi connectivity index (χ1) is 11.3. The standard InChI is InChI=1S/C16H19N5O2/c22-15(7-11-1-2-11)18-8-13-9-21-14(10-23-13)16(19-20-21)12-3-5-17-6-4-12/h3-6,11,13H,1-2,7-10H2,(H,18,22). The molecule has 1 aliphatic carbocycles. The number of hydrogen-bond acceptors (Lipinski definition) is 5. The number of pyridine rings is 1. The maximum atomic E-state index is 11.8. The molecule has 1 amide bonds. The van der Waals surface area contributed by atoms with Gasteiger partial charge in [0.1, 0.15) is 5.69 Å². The quantitative estimate of drug-likeness (QED) is 0.895. The van der Waals surface area contributed by atoms with E-state index in [1.807, 2.05) is 16.8 Å². The van der Waals surface area contributed by atoms with Gasteiger partial charge < -0.3 is 10.1 Å². The van der Waals surface area contributed by atoms with E-state index in [1.165, 1.54) is 12.8 Å². The van der Waals surface area contributed by atoms with Crippen molar-refractivity contribution in [3.63, 3.8) is 0 Å². The zero-order valence-electron chi connectivity index (χ0n) is 12.8. The van der Waals surface area contributed by atoms with Gasteiger partial charge >= 0.3 is 0 Å². The van der Waals surface area contributed by atoms with Crippen molar-refractivity contribution in [1.82, 2.24) is 25.3 Å². The molecule has 0 bridgehead atoms. The highest BCUT2D eigenvalue weighted by molar-refractivity contribution is 5.76. The fraction of sp³-hybridized carbons (Fsp3) is 0.500. The van der Waals surface area contributed by atoms with Gasteiger partial charge in [-0.25, -0.2) is 4.68 Å². The monoisotopic (exact) mass is 313 g/mol. The summed E-state index contributed by atoms with van der Waals surface area (Å²) in [5, 5.41) is 11.4. The summed E-state index contributed by atoms with van der Waals surface area (Å²) in [6.45, 7) is 1.58. The van der Waals surface area contributed by atoms with E-state index < -0.39 is 0 Å². The van der Waals surface area contributed by atoms with Crippen LogP contribution < -0.4 is 5.32 Å². The lowest BCUT2D eigenvalue weighted by Crippen LogP contribution is -2.39. The number of aromatic nitrogens is 4. The molecule has 0 radical (unpaired) electrons. The molecule has 1 atom stereocenters.